The predicted octanol–water partition coefficient (Wildman–Crippen LogP) is 1.03. The number of nitrogens with zero attached hydrogens (tertiary/aromatic N) is 4. The summed E-state index contributed by atoms with van der Waals surface area (Å²) >= 11 is 0. The highest BCUT2D eigenvalue weighted by atomic mass is 16.5. The van der Waals surface area contributed by atoms with Gasteiger partial charge in [0.05, 0.1) is 17.7 Å². The second-order valence-corrected chi connectivity index (χ2v) is 7.35. The summed E-state index contributed by atoms with van der Waals surface area (Å²) in [5.41, 5.74) is 5.41. The van der Waals surface area contributed by atoms with Gasteiger partial charge >= 0.3 is 0 Å². The highest BCUT2D eigenvalue weighted by Crippen LogP contribution is 2.39. The van der Waals surface area contributed by atoms with E-state index < -0.39 is 5.41 Å². The Morgan fingerprint density at radius 2 is 2.12 bits per heavy atom. The number of hydrogen-bond donors (Lipinski definition) is 3. The lowest BCUT2D eigenvalue weighted by atomic mass is 9.70. The topological polar surface area (TPSA) is 111 Å². The van der Waals surface area contributed by atoms with E-state index in [9.17, 15) is 14.8 Å². The molecule has 1 heterocycles. The maximum atomic E-state index is 12.8. The number of nitrogens with one attached hydrogen (secondary N) is 2. The first-order valence-electron chi connectivity index (χ1n) is 8.78. The number of anilines is 1. The zero-order valence-electron chi connectivity index (χ0n) is 15.6. The molecular formula is C17H28N6O3. The summed E-state index contributed by atoms with van der Waals surface area (Å²) in [4.78, 5) is 34.1. The van der Waals surface area contributed by atoms with Crippen molar-refractivity contribution in [3.8, 4) is 0 Å². The molecule has 3 N–H and O–H groups in total. The van der Waals surface area contributed by atoms with E-state index in [1.807, 2.05) is 25.1 Å². The molecule has 0 bridgehead atoms. The van der Waals surface area contributed by atoms with Gasteiger partial charge in [-0.15, -0.1) is 0 Å². The van der Waals surface area contributed by atoms with E-state index in [0.29, 0.717) is 42.7 Å². The zero-order valence-corrected chi connectivity index (χ0v) is 15.6. The molecule has 144 valence electrons. The fourth-order valence-electron chi connectivity index (χ4n) is 3.23. The van der Waals surface area contributed by atoms with Gasteiger partial charge in [0.15, 0.2) is 0 Å². The third-order valence-corrected chi connectivity index (χ3v) is 4.78. The van der Waals surface area contributed by atoms with E-state index in [4.69, 9.17) is 0 Å². The van der Waals surface area contributed by atoms with Crippen LogP contribution < -0.4 is 10.9 Å². The van der Waals surface area contributed by atoms with Gasteiger partial charge in [0.2, 0.25) is 18.3 Å². The molecule has 1 saturated carbocycles. The Bertz CT molecular complexity index is 616. The van der Waals surface area contributed by atoms with Crippen molar-refractivity contribution in [3.63, 3.8) is 0 Å². The maximum Gasteiger partial charge on any atom is 0.246 e. The summed E-state index contributed by atoms with van der Waals surface area (Å²) < 4.78 is 0. The highest BCUT2D eigenvalue weighted by molar-refractivity contribution is 5.84. The molecule has 1 aliphatic rings. The van der Waals surface area contributed by atoms with Gasteiger partial charge in [0, 0.05) is 12.7 Å². The Hall–Kier alpha value is -2.26. The van der Waals surface area contributed by atoms with Gasteiger partial charge in [0.1, 0.15) is 0 Å². The van der Waals surface area contributed by atoms with Crippen LogP contribution in [-0.4, -0.2) is 58.1 Å². The lowest BCUT2D eigenvalue weighted by Gasteiger charge is -2.38. The van der Waals surface area contributed by atoms with Gasteiger partial charge in [-0.1, -0.05) is 6.92 Å². The molecule has 1 aliphatic carbocycles. The van der Waals surface area contributed by atoms with Crippen LogP contribution in [0.15, 0.2) is 12.3 Å². The average Bonchev–Trinajstić information content (AvgIpc) is 2.61. The van der Waals surface area contributed by atoms with Crippen LogP contribution in [0, 0.1) is 11.3 Å². The second-order valence-electron chi connectivity index (χ2n) is 7.35. The van der Waals surface area contributed by atoms with Crippen LogP contribution in [0.3, 0.4) is 0 Å². The minimum atomic E-state index is -0.823. The molecule has 1 aromatic heterocycles. The van der Waals surface area contributed by atoms with E-state index in [-0.39, 0.29) is 12.5 Å². The van der Waals surface area contributed by atoms with Crippen molar-refractivity contribution in [2.45, 2.75) is 39.2 Å². The van der Waals surface area contributed by atoms with Gasteiger partial charge in [-0.05, 0) is 51.8 Å². The third-order valence-electron chi connectivity index (χ3n) is 4.78. The molecule has 0 spiro atoms. The molecule has 2 amide bonds. The molecule has 0 unspecified atom stereocenters. The summed E-state index contributed by atoms with van der Waals surface area (Å²) in [5.74, 6) is 0.554. The number of hydrogen-bond acceptors (Lipinski definition) is 7. The summed E-state index contributed by atoms with van der Waals surface area (Å²) in [6.07, 6.45) is 4.90. The van der Waals surface area contributed by atoms with Crippen LogP contribution in [0.25, 0.3) is 0 Å². The molecule has 0 aliphatic heterocycles. The summed E-state index contributed by atoms with van der Waals surface area (Å²) in [6.45, 7) is 2.77. The molecule has 1 fully saturated rings. The van der Waals surface area contributed by atoms with Crippen LogP contribution in [0.5, 0.6) is 0 Å². The van der Waals surface area contributed by atoms with Crippen molar-refractivity contribution >= 4 is 18.3 Å². The number of aromatic nitrogens is 2. The van der Waals surface area contributed by atoms with Crippen molar-refractivity contribution < 1.29 is 14.8 Å². The van der Waals surface area contributed by atoms with Gasteiger partial charge in [-0.25, -0.2) is 15.0 Å². The molecule has 0 aromatic carbocycles. The van der Waals surface area contributed by atoms with E-state index >= 15 is 0 Å². The predicted molar refractivity (Wildman–Crippen MR) is 95.8 cm³/mol. The van der Waals surface area contributed by atoms with E-state index in [1.165, 1.54) is 0 Å². The fourth-order valence-corrected chi connectivity index (χ4v) is 3.23. The molecule has 9 heteroatoms. The summed E-state index contributed by atoms with van der Waals surface area (Å²) in [5, 5.41) is 10.2. The normalized spacial score (nSPS) is 22.7. The molecule has 0 saturated heterocycles. The van der Waals surface area contributed by atoms with Crippen LogP contribution in [0.2, 0.25) is 0 Å². The molecule has 0 radical (unpaired) electrons. The van der Waals surface area contributed by atoms with Crippen molar-refractivity contribution in [2.24, 2.45) is 11.3 Å². The van der Waals surface area contributed by atoms with Crippen molar-refractivity contribution in [1.29, 1.82) is 0 Å². The van der Waals surface area contributed by atoms with Gasteiger partial charge in [0.25, 0.3) is 0 Å². The number of hydrazine groups is 1. The zero-order chi connectivity index (χ0) is 19.2. The van der Waals surface area contributed by atoms with Crippen molar-refractivity contribution in [2.75, 3.05) is 26.1 Å². The van der Waals surface area contributed by atoms with Crippen LogP contribution in [0.4, 0.5) is 5.95 Å². The van der Waals surface area contributed by atoms with E-state index in [0.717, 1.165) is 18.5 Å². The highest BCUT2D eigenvalue weighted by Gasteiger charge is 2.42. The first-order chi connectivity index (χ1) is 12.3. The first-order valence-corrected chi connectivity index (χ1v) is 8.78. The average molecular weight is 364 g/mol. The fraction of sp³-hybridized carbons (Fsp3) is 0.647. The van der Waals surface area contributed by atoms with Crippen LogP contribution in [-0.2, 0) is 16.1 Å². The summed E-state index contributed by atoms with van der Waals surface area (Å²) in [7, 11) is 3.89. The summed E-state index contributed by atoms with van der Waals surface area (Å²) in [6, 6.07) is 1.81. The number of hydroxylamine groups is 2. The minimum Gasteiger partial charge on any atom is -0.304 e. The number of rotatable bonds is 8. The Balaban J connectivity index is 2.04. The quantitative estimate of drug-likeness (QED) is 0.359. The molecule has 9 nitrogen and oxygen atoms in total. The Kier molecular flexibility index (Phi) is 6.87. The smallest absolute Gasteiger partial charge is 0.246 e. The molecule has 0 atom stereocenters. The van der Waals surface area contributed by atoms with Crippen LogP contribution in [0.1, 0.15) is 38.3 Å². The van der Waals surface area contributed by atoms with E-state index in [2.05, 4.69) is 27.7 Å². The maximum absolute atomic E-state index is 12.8. The Morgan fingerprint density at radius 3 is 2.73 bits per heavy atom. The monoisotopic (exact) mass is 364 g/mol. The molecular weight excluding hydrogens is 336 g/mol. The lowest BCUT2D eigenvalue weighted by molar-refractivity contribution is -0.163. The second kappa shape index (κ2) is 8.91. The van der Waals surface area contributed by atoms with Gasteiger partial charge in [-0.3, -0.25) is 25.6 Å². The largest absolute Gasteiger partial charge is 0.304 e. The van der Waals surface area contributed by atoms with Crippen LogP contribution >= 0.6 is 0 Å². The van der Waals surface area contributed by atoms with Crippen molar-refractivity contribution in [1.82, 2.24) is 25.4 Å². The lowest BCUT2D eigenvalue weighted by Crippen LogP contribution is -2.51. The molecule has 2 rings (SSSR count). The number of carbonyl (C=O) groups is 2. The van der Waals surface area contributed by atoms with Crippen molar-refractivity contribution in [3.05, 3.63) is 18.0 Å². The van der Waals surface area contributed by atoms with Gasteiger partial charge < -0.3 is 4.90 Å². The standard InChI is InChI=1S/C17H28N6O3/c1-13-4-7-17(8-5-13,11-23(26)12-24)15(25)20-21-16-18-9-6-14(19-16)10-22(2)3/h6,9,12-13,26H,4-5,7-8,10-11H2,1-3H3,(H,20,25)(H,18,19,21). The minimum absolute atomic E-state index is 0.0295. The first kappa shape index (κ1) is 20.1. The third kappa shape index (κ3) is 5.37. The van der Waals surface area contributed by atoms with E-state index in [1.54, 1.807) is 6.20 Å². The number of carbonyl (C=O) groups excluding carboxylic acids is 2. The Labute approximate surface area is 153 Å². The number of amides is 2. The Morgan fingerprint density at radius 1 is 1.42 bits per heavy atom. The van der Waals surface area contributed by atoms with Gasteiger partial charge in [-0.2, -0.15) is 0 Å². The molecule has 26 heavy (non-hydrogen) atoms. The molecule has 1 aromatic rings. The SMILES string of the molecule is CC1CCC(CN(O)C=O)(C(=O)NNc2nccc(CN(C)C)n2)CC1.